The van der Waals surface area contributed by atoms with Gasteiger partial charge < -0.3 is 19.3 Å². The van der Waals surface area contributed by atoms with E-state index in [2.05, 4.69) is 55.5 Å². The largest absolute Gasteiger partial charge is 0.469 e. The lowest BCUT2D eigenvalue weighted by Crippen LogP contribution is -2.45. The van der Waals surface area contributed by atoms with Crippen LogP contribution in [0.2, 0.25) is 0 Å². The van der Waals surface area contributed by atoms with Gasteiger partial charge in [-0.05, 0) is 101 Å². The first-order valence-corrected chi connectivity index (χ1v) is 22.1. The first-order chi connectivity index (χ1) is 29.3. The van der Waals surface area contributed by atoms with Gasteiger partial charge in [0, 0.05) is 49.8 Å². The Morgan fingerprint density at radius 3 is 1.66 bits per heavy atom. The van der Waals surface area contributed by atoms with Gasteiger partial charge in [-0.1, -0.05) is 87.4 Å². The van der Waals surface area contributed by atoms with Crippen LogP contribution in [0.5, 0.6) is 0 Å². The molecule has 2 aliphatic carbocycles. The fraction of sp³-hybridized carbons (Fsp3) is 0.490. The number of esters is 2. The molecule has 8 rings (SSSR count). The topological polar surface area (TPSA) is 118 Å². The van der Waals surface area contributed by atoms with E-state index in [0.717, 1.165) is 40.1 Å². The number of benzene rings is 2. The Kier molecular flexibility index (Phi) is 11.9. The van der Waals surface area contributed by atoms with Gasteiger partial charge in [-0.15, -0.1) is 0 Å². The number of hydrogen-bond acceptors (Lipinski definition) is 8. The van der Waals surface area contributed by atoms with Crippen LogP contribution < -0.4 is 0 Å². The molecule has 0 spiro atoms. The van der Waals surface area contributed by atoms with Crippen LogP contribution in [0.3, 0.4) is 0 Å². The molecule has 10 heteroatoms. The molecule has 2 unspecified atom stereocenters. The Morgan fingerprint density at radius 1 is 0.672 bits per heavy atom. The van der Waals surface area contributed by atoms with Gasteiger partial charge >= 0.3 is 11.9 Å². The minimum Gasteiger partial charge on any atom is -0.469 e. The van der Waals surface area contributed by atoms with Gasteiger partial charge in [0.25, 0.3) is 0 Å². The summed E-state index contributed by atoms with van der Waals surface area (Å²) in [5, 5.41) is 0. The molecule has 0 saturated heterocycles. The molecule has 1 fully saturated rings. The first kappa shape index (κ1) is 42.3. The summed E-state index contributed by atoms with van der Waals surface area (Å²) in [6.07, 6.45) is 13.3. The van der Waals surface area contributed by atoms with Gasteiger partial charge in [-0.2, -0.15) is 0 Å². The summed E-state index contributed by atoms with van der Waals surface area (Å²) in [6, 6.07) is 13.0. The second-order valence-electron chi connectivity index (χ2n) is 18.8. The van der Waals surface area contributed by atoms with Crippen LogP contribution in [0.25, 0.3) is 22.3 Å². The molecule has 4 aliphatic heterocycles. The van der Waals surface area contributed by atoms with Gasteiger partial charge in [0.2, 0.25) is 11.8 Å². The van der Waals surface area contributed by atoms with Crippen LogP contribution in [0, 0.1) is 29.6 Å². The molecular weight excluding hydrogens is 765 g/mol. The number of amides is 2. The van der Waals surface area contributed by atoms with Crippen molar-refractivity contribution < 1.29 is 28.7 Å². The van der Waals surface area contributed by atoms with Crippen molar-refractivity contribution in [2.24, 2.45) is 39.6 Å². The van der Waals surface area contributed by atoms with Crippen LogP contribution in [0.1, 0.15) is 108 Å². The highest BCUT2D eigenvalue weighted by atomic mass is 16.5. The summed E-state index contributed by atoms with van der Waals surface area (Å²) in [4.78, 5) is 65.9. The van der Waals surface area contributed by atoms with Gasteiger partial charge in [0.05, 0.1) is 51.0 Å². The molecule has 2 amide bonds. The molecule has 0 radical (unpaired) electrons. The zero-order chi connectivity index (χ0) is 43.3. The molecule has 2 aromatic carbocycles. The molecule has 6 atom stereocenters. The fourth-order valence-corrected chi connectivity index (χ4v) is 10.5. The van der Waals surface area contributed by atoms with Crippen LogP contribution in [-0.4, -0.2) is 84.4 Å². The Hall–Kier alpha value is -5.38. The number of nitrogens with zero attached hydrogens (tertiary/aromatic N) is 4. The number of methoxy groups -OCH3 is 2. The van der Waals surface area contributed by atoms with Crippen molar-refractivity contribution in [1.82, 2.24) is 9.80 Å². The number of aliphatic imine (C=N–C) groups is 2. The van der Waals surface area contributed by atoms with Crippen molar-refractivity contribution in [3.05, 3.63) is 94.4 Å². The zero-order valence-electron chi connectivity index (χ0n) is 37.0. The van der Waals surface area contributed by atoms with E-state index in [-0.39, 0.29) is 60.5 Å². The Bertz CT molecular complexity index is 2330. The second kappa shape index (κ2) is 17.2. The number of fused-ring (bicyclic) bond motifs is 3. The molecule has 0 aromatic heterocycles. The van der Waals surface area contributed by atoms with Gasteiger partial charge in [0.15, 0.2) is 0 Å². The zero-order valence-corrected chi connectivity index (χ0v) is 37.0. The first-order valence-electron chi connectivity index (χ1n) is 22.1. The van der Waals surface area contributed by atoms with E-state index in [0.29, 0.717) is 37.8 Å². The summed E-state index contributed by atoms with van der Waals surface area (Å²) in [5.74, 6) is -0.452. The third-order valence-electron chi connectivity index (χ3n) is 14.2. The van der Waals surface area contributed by atoms with Crippen LogP contribution in [0.15, 0.2) is 82.1 Å². The number of allylic oxidation sites excluding steroid dienone is 2. The molecule has 2 aromatic rings. The average Bonchev–Trinajstić information content (AvgIpc) is 4.08. The quantitative estimate of drug-likeness (QED) is 0.147. The summed E-state index contributed by atoms with van der Waals surface area (Å²) < 4.78 is 9.86. The van der Waals surface area contributed by atoms with E-state index in [1.165, 1.54) is 60.5 Å². The normalized spacial score (nSPS) is 23.7. The summed E-state index contributed by atoms with van der Waals surface area (Å²) in [6.45, 7) is 13.1. The van der Waals surface area contributed by atoms with Crippen LogP contribution >= 0.6 is 0 Å². The Morgan fingerprint density at radius 2 is 1.16 bits per heavy atom. The van der Waals surface area contributed by atoms with E-state index in [1.807, 2.05) is 56.8 Å². The third-order valence-corrected chi connectivity index (χ3v) is 14.2. The SMILES string of the molecule is COC(=O)C[C@H](C(=O)N1CC(C)=C[C@H]1C1=NC=C(c2ccc(-c3ccc(C4=CN=C([C@@H]5C=C(C)CN5C(=O)[C@@H](CC(=O)OC)C(C)C)C4)c4c3C3CCC3C4)cc2)C1)C(C)C. The lowest BCUT2D eigenvalue weighted by atomic mass is 9.73. The van der Waals surface area contributed by atoms with Gasteiger partial charge in [-0.3, -0.25) is 29.2 Å². The highest BCUT2D eigenvalue weighted by Crippen LogP contribution is 2.56. The van der Waals surface area contributed by atoms with E-state index in [9.17, 15) is 19.2 Å². The Balaban J connectivity index is 0.968. The minimum atomic E-state index is -0.451. The molecule has 6 aliphatic rings. The van der Waals surface area contributed by atoms with Crippen molar-refractivity contribution in [2.75, 3.05) is 27.3 Å². The monoisotopic (exact) mass is 824 g/mol. The van der Waals surface area contributed by atoms with Crippen LogP contribution in [0.4, 0.5) is 0 Å². The lowest BCUT2D eigenvalue weighted by molar-refractivity contribution is -0.148. The third kappa shape index (κ3) is 8.10. The molecule has 61 heavy (non-hydrogen) atoms. The average molecular weight is 825 g/mol. The minimum absolute atomic E-state index is 0.0000881. The van der Waals surface area contributed by atoms with Crippen molar-refractivity contribution >= 4 is 46.3 Å². The number of rotatable bonds is 13. The van der Waals surface area contributed by atoms with Crippen molar-refractivity contribution in [2.45, 2.75) is 104 Å². The van der Waals surface area contributed by atoms with E-state index >= 15 is 0 Å². The Labute approximate surface area is 360 Å². The molecule has 1 saturated carbocycles. The fourth-order valence-electron chi connectivity index (χ4n) is 10.5. The van der Waals surface area contributed by atoms with E-state index in [4.69, 9.17) is 19.5 Å². The lowest BCUT2D eigenvalue weighted by Gasteiger charge is -2.31. The maximum absolute atomic E-state index is 14.0. The maximum atomic E-state index is 14.0. The highest BCUT2D eigenvalue weighted by Gasteiger charge is 2.44. The standard InChI is InChI=1S/C51H60N4O6/c1-28(2)40(22-47(56)60-7)50(58)54-26-30(5)17-45(54)43-20-35(24-52-43)32-9-11-33(12-10-32)38-16-15-37(42-19-34-13-14-39(34)49(38)42)36-21-44(53-25-36)46-18-31(6)27-55(46)51(59)41(29(3)4)23-48(57)61-8/h9-12,15-18,24-25,28-29,34,39-41,45-46H,13-14,19-23,26-27H2,1-8H3/t34?,39?,40-,41-,45-,46-/m0/s1. The van der Waals surface area contributed by atoms with Gasteiger partial charge in [0.1, 0.15) is 0 Å². The number of hydrogen-bond donors (Lipinski definition) is 0. The van der Waals surface area contributed by atoms with Crippen LogP contribution in [-0.2, 0) is 35.1 Å². The molecule has 320 valence electrons. The number of carbonyl (C=O) groups is 4. The van der Waals surface area contributed by atoms with E-state index < -0.39 is 11.8 Å². The van der Waals surface area contributed by atoms with E-state index in [1.54, 1.807) is 0 Å². The smallest absolute Gasteiger partial charge is 0.306 e. The van der Waals surface area contributed by atoms with Crippen molar-refractivity contribution in [3.63, 3.8) is 0 Å². The second-order valence-corrected chi connectivity index (χ2v) is 18.8. The summed E-state index contributed by atoms with van der Waals surface area (Å²) in [7, 11) is 2.74. The molecule has 0 N–H and O–H groups in total. The number of carbonyl (C=O) groups excluding carboxylic acids is 4. The molecule has 10 nitrogen and oxygen atoms in total. The predicted molar refractivity (Wildman–Crippen MR) is 240 cm³/mol. The van der Waals surface area contributed by atoms with Crippen molar-refractivity contribution in [1.29, 1.82) is 0 Å². The molecule has 0 bridgehead atoms. The van der Waals surface area contributed by atoms with Gasteiger partial charge in [-0.25, -0.2) is 0 Å². The highest BCUT2D eigenvalue weighted by molar-refractivity contribution is 6.06. The maximum Gasteiger partial charge on any atom is 0.306 e. The summed E-state index contributed by atoms with van der Waals surface area (Å²) >= 11 is 0. The van der Waals surface area contributed by atoms with Crippen molar-refractivity contribution in [3.8, 4) is 11.1 Å². The number of ether oxygens (including phenoxy) is 2. The molecular formula is C51H60N4O6. The molecule has 4 heterocycles. The summed E-state index contributed by atoms with van der Waals surface area (Å²) in [5.41, 5.74) is 14.3. The predicted octanol–water partition coefficient (Wildman–Crippen LogP) is 8.76.